The molecule has 2 heteroatoms. The van der Waals surface area contributed by atoms with E-state index in [2.05, 4.69) is 108 Å². The molecular weight excluding hydrogens is 438 g/mol. The second kappa shape index (κ2) is 8.49. The molecule has 2 bridgehead atoms. The molecule has 2 atom stereocenters. The summed E-state index contributed by atoms with van der Waals surface area (Å²) < 4.78 is 0. The van der Waals surface area contributed by atoms with Gasteiger partial charge in [0.15, 0.2) is 5.78 Å². The normalized spacial score (nSPS) is 23.9. The molecule has 2 aliphatic rings. The van der Waals surface area contributed by atoms with Crippen LogP contribution in [0.15, 0.2) is 133 Å². The summed E-state index contributed by atoms with van der Waals surface area (Å²) >= 11 is 0. The summed E-state index contributed by atoms with van der Waals surface area (Å²) in [6, 6.07) is 41.8. The number of hydrogen-bond donors (Lipinski definition) is 0. The van der Waals surface area contributed by atoms with Gasteiger partial charge in [0.25, 0.3) is 0 Å². The first-order valence-electron chi connectivity index (χ1n) is 12.5. The van der Waals surface area contributed by atoms with Crippen molar-refractivity contribution in [3.63, 3.8) is 0 Å². The Bertz CT molecular complexity index is 1470. The molecule has 2 aliphatic carbocycles. The van der Waals surface area contributed by atoms with E-state index in [9.17, 15) is 0 Å². The fraction of sp³-hybridized carbons (Fsp3) is 0.147. The molecule has 6 rings (SSSR count). The van der Waals surface area contributed by atoms with Gasteiger partial charge in [-0.1, -0.05) is 121 Å². The molecule has 36 heavy (non-hydrogen) atoms. The second-order valence-corrected chi connectivity index (χ2v) is 9.99. The first kappa shape index (κ1) is 22.3. The highest BCUT2D eigenvalue weighted by atomic mass is 16.1. The zero-order chi connectivity index (χ0) is 24.8. The van der Waals surface area contributed by atoms with Gasteiger partial charge in [0.05, 0.1) is 5.41 Å². The van der Waals surface area contributed by atoms with E-state index in [-0.39, 0.29) is 5.78 Å². The highest BCUT2D eigenvalue weighted by Crippen LogP contribution is 2.70. The molecular formula is C34H29NO. The number of allylic oxidation sites excluding steroid dienone is 3. The molecule has 2 unspecified atom stereocenters. The Labute approximate surface area is 213 Å². The summed E-state index contributed by atoms with van der Waals surface area (Å²) in [5.41, 5.74) is 6.03. The summed E-state index contributed by atoms with van der Waals surface area (Å²) in [5, 5.41) is 0. The van der Waals surface area contributed by atoms with E-state index in [1.807, 2.05) is 38.4 Å². The number of Topliss-reactive ketones (excluding diaryl/α,β-unsaturated/α-hetero) is 1. The number of benzene rings is 4. The van der Waals surface area contributed by atoms with Crippen molar-refractivity contribution in [2.45, 2.75) is 17.3 Å². The van der Waals surface area contributed by atoms with Gasteiger partial charge in [-0.15, -0.1) is 0 Å². The third-order valence-corrected chi connectivity index (χ3v) is 7.73. The van der Waals surface area contributed by atoms with Crippen LogP contribution in [0.4, 0.5) is 0 Å². The van der Waals surface area contributed by atoms with Crippen molar-refractivity contribution in [3.05, 3.63) is 155 Å². The molecule has 176 valence electrons. The Kier molecular flexibility index (Phi) is 5.26. The van der Waals surface area contributed by atoms with Gasteiger partial charge in [-0.05, 0) is 51.6 Å². The maximum Gasteiger partial charge on any atom is 0.167 e. The van der Waals surface area contributed by atoms with E-state index in [0.29, 0.717) is 6.42 Å². The van der Waals surface area contributed by atoms with Gasteiger partial charge >= 0.3 is 0 Å². The zero-order valence-corrected chi connectivity index (χ0v) is 20.7. The maximum atomic E-state index is 15.3. The van der Waals surface area contributed by atoms with Crippen LogP contribution in [-0.2, 0) is 15.6 Å². The minimum absolute atomic E-state index is 0.248. The van der Waals surface area contributed by atoms with Crippen LogP contribution in [0, 0.1) is 0 Å². The van der Waals surface area contributed by atoms with Gasteiger partial charge < -0.3 is 4.90 Å². The summed E-state index contributed by atoms with van der Waals surface area (Å²) in [4.78, 5) is 17.4. The number of nitrogens with zero attached hydrogens (tertiary/aromatic N) is 1. The molecule has 1 fully saturated rings. The van der Waals surface area contributed by atoms with Crippen LogP contribution in [0.2, 0.25) is 0 Å². The number of carbonyl (C=O) groups is 1. The Morgan fingerprint density at radius 3 is 1.56 bits per heavy atom. The van der Waals surface area contributed by atoms with E-state index in [1.165, 1.54) is 0 Å². The van der Waals surface area contributed by atoms with Gasteiger partial charge in [0.1, 0.15) is 5.41 Å². The molecule has 0 N–H and O–H groups in total. The van der Waals surface area contributed by atoms with Crippen LogP contribution < -0.4 is 0 Å². The van der Waals surface area contributed by atoms with Crippen molar-refractivity contribution in [2.75, 3.05) is 14.1 Å². The highest BCUT2D eigenvalue weighted by Gasteiger charge is 2.70. The molecule has 0 heterocycles. The van der Waals surface area contributed by atoms with Crippen molar-refractivity contribution < 1.29 is 4.79 Å². The molecule has 0 spiro atoms. The Morgan fingerprint density at radius 2 is 1.06 bits per heavy atom. The van der Waals surface area contributed by atoms with Gasteiger partial charge in [-0.2, -0.15) is 0 Å². The summed E-state index contributed by atoms with van der Waals surface area (Å²) in [6.07, 6.45) is 2.84. The van der Waals surface area contributed by atoms with Crippen LogP contribution in [-0.4, -0.2) is 24.8 Å². The van der Waals surface area contributed by atoms with Crippen molar-refractivity contribution in [3.8, 4) is 0 Å². The minimum atomic E-state index is -0.867. The summed E-state index contributed by atoms with van der Waals surface area (Å²) in [5.74, 6) is 0.248. The lowest BCUT2D eigenvalue weighted by Gasteiger charge is -2.36. The van der Waals surface area contributed by atoms with Crippen LogP contribution >= 0.6 is 0 Å². The molecule has 1 saturated carbocycles. The molecule has 0 radical (unpaired) electrons. The fourth-order valence-electron chi connectivity index (χ4n) is 6.51. The molecule has 0 aromatic heterocycles. The minimum Gasteiger partial charge on any atom is -0.383 e. The number of carbonyl (C=O) groups excluding carboxylic acids is 1. The van der Waals surface area contributed by atoms with Crippen LogP contribution in [0.5, 0.6) is 0 Å². The lowest BCUT2D eigenvalue weighted by atomic mass is 9.66. The number of hydrogen-bond acceptors (Lipinski definition) is 2. The summed E-state index contributed by atoms with van der Waals surface area (Å²) in [7, 11) is 4.09. The van der Waals surface area contributed by atoms with Crippen molar-refractivity contribution in [1.29, 1.82) is 0 Å². The predicted molar refractivity (Wildman–Crippen MR) is 147 cm³/mol. The number of ketones is 1. The number of rotatable bonds is 5. The van der Waals surface area contributed by atoms with Crippen LogP contribution in [0.3, 0.4) is 0 Å². The SMILES string of the molecule is CN(C)/C=C1\CC2(c3ccccc3)C(=O)C1(c1ccccc1)C(c1ccccc1)=C2c1ccccc1. The number of fused-ring (bicyclic) bond motifs is 2. The Hall–Kier alpha value is -4.17. The molecule has 0 saturated heterocycles. The van der Waals surface area contributed by atoms with Gasteiger partial charge in [-0.25, -0.2) is 0 Å². The van der Waals surface area contributed by atoms with E-state index in [1.54, 1.807) is 0 Å². The Morgan fingerprint density at radius 1 is 0.611 bits per heavy atom. The maximum absolute atomic E-state index is 15.3. The quantitative estimate of drug-likeness (QED) is 0.318. The molecule has 4 aromatic carbocycles. The van der Waals surface area contributed by atoms with Gasteiger partial charge in [0, 0.05) is 14.1 Å². The zero-order valence-electron chi connectivity index (χ0n) is 20.7. The highest BCUT2D eigenvalue weighted by molar-refractivity contribution is 6.31. The van der Waals surface area contributed by atoms with Crippen LogP contribution in [0.1, 0.15) is 28.7 Å². The van der Waals surface area contributed by atoms with Crippen LogP contribution in [0.25, 0.3) is 11.1 Å². The standard InChI is InChI=1S/C34H29NO/c1-35(2)24-29-23-33(27-19-11-5-12-20-27)30(25-15-7-3-8-16-25)31(26-17-9-4-10-18-26)34(29,32(33)36)28-21-13-6-14-22-28/h3-22,24H,23H2,1-2H3/b29-24+. The second-order valence-electron chi connectivity index (χ2n) is 9.99. The van der Waals surface area contributed by atoms with Crippen molar-refractivity contribution in [1.82, 2.24) is 4.90 Å². The molecule has 0 amide bonds. The first-order chi connectivity index (χ1) is 17.6. The topological polar surface area (TPSA) is 20.3 Å². The first-order valence-corrected chi connectivity index (χ1v) is 12.5. The largest absolute Gasteiger partial charge is 0.383 e. The monoisotopic (exact) mass is 467 g/mol. The van der Waals surface area contributed by atoms with E-state index in [4.69, 9.17) is 0 Å². The van der Waals surface area contributed by atoms with Crippen molar-refractivity contribution in [2.24, 2.45) is 0 Å². The van der Waals surface area contributed by atoms with Gasteiger partial charge in [-0.3, -0.25) is 4.79 Å². The average molecular weight is 468 g/mol. The van der Waals surface area contributed by atoms with E-state index < -0.39 is 10.8 Å². The Balaban J connectivity index is 1.84. The third-order valence-electron chi connectivity index (χ3n) is 7.73. The third kappa shape index (κ3) is 3.01. The average Bonchev–Trinajstić information content (AvgIpc) is 3.31. The molecule has 4 aromatic rings. The molecule has 0 aliphatic heterocycles. The molecule has 2 nitrogen and oxygen atoms in total. The van der Waals surface area contributed by atoms with Gasteiger partial charge in [0.2, 0.25) is 0 Å². The smallest absolute Gasteiger partial charge is 0.167 e. The fourth-order valence-corrected chi connectivity index (χ4v) is 6.51. The lowest BCUT2D eigenvalue weighted by Crippen LogP contribution is -2.36. The van der Waals surface area contributed by atoms with E-state index in [0.717, 1.165) is 39.0 Å². The predicted octanol–water partition coefficient (Wildman–Crippen LogP) is 6.91. The van der Waals surface area contributed by atoms with Crippen molar-refractivity contribution >= 4 is 16.9 Å². The van der Waals surface area contributed by atoms with E-state index >= 15 is 4.79 Å². The summed E-state index contributed by atoms with van der Waals surface area (Å²) in [6.45, 7) is 0. The lowest BCUT2D eigenvalue weighted by molar-refractivity contribution is -0.122.